The molecule has 4 heterocycles. The van der Waals surface area contributed by atoms with Crippen LogP contribution >= 0.6 is 0 Å². The number of benzene rings is 9. The molecule has 0 saturated carbocycles. The van der Waals surface area contributed by atoms with E-state index in [1.54, 1.807) is 0 Å². The van der Waals surface area contributed by atoms with Crippen LogP contribution in [0, 0.1) is 0 Å². The lowest BCUT2D eigenvalue weighted by Gasteiger charge is -2.11. The summed E-state index contributed by atoms with van der Waals surface area (Å²) in [6.07, 6.45) is 0. The van der Waals surface area contributed by atoms with E-state index >= 15 is 0 Å². The van der Waals surface area contributed by atoms with E-state index in [1.165, 1.54) is 16.3 Å². The predicted octanol–water partition coefficient (Wildman–Crippen LogP) is 15.1. The summed E-state index contributed by atoms with van der Waals surface area (Å²) in [6.45, 7) is 0. The molecule has 9 aromatic carbocycles. The third-order valence-electron chi connectivity index (χ3n) is 12.2. The van der Waals surface area contributed by atoms with Crippen molar-refractivity contribution in [3.63, 3.8) is 0 Å². The van der Waals surface area contributed by atoms with E-state index in [0.29, 0.717) is 17.5 Å². The molecule has 0 radical (unpaired) electrons. The Morgan fingerprint density at radius 2 is 0.889 bits per heavy atom. The van der Waals surface area contributed by atoms with Crippen molar-refractivity contribution in [3.8, 4) is 62.1 Å². The molecule has 13 aromatic rings. The summed E-state index contributed by atoms with van der Waals surface area (Å²) in [5, 5.41) is 6.46. The minimum Gasteiger partial charge on any atom is -0.456 e. The van der Waals surface area contributed by atoms with E-state index in [0.717, 1.165) is 94.0 Å². The highest BCUT2D eigenvalue weighted by Gasteiger charge is 2.22. The Hall–Kier alpha value is -8.61. The molecule has 0 aliphatic rings. The Balaban J connectivity index is 1.03. The molecule has 0 atom stereocenters. The van der Waals surface area contributed by atoms with Gasteiger partial charge >= 0.3 is 0 Å². The van der Waals surface area contributed by atoms with Crippen LogP contribution in [0.1, 0.15) is 0 Å². The van der Waals surface area contributed by atoms with E-state index < -0.39 is 0 Å². The predicted molar refractivity (Wildman–Crippen MR) is 256 cm³/mol. The van der Waals surface area contributed by atoms with E-state index in [9.17, 15) is 0 Å². The van der Waals surface area contributed by atoms with E-state index in [2.05, 4.69) is 150 Å². The van der Waals surface area contributed by atoms with E-state index in [4.69, 9.17) is 23.8 Å². The molecule has 294 valence electrons. The van der Waals surface area contributed by atoms with Gasteiger partial charge in [-0.3, -0.25) is 0 Å². The fourth-order valence-corrected chi connectivity index (χ4v) is 9.47. The van der Waals surface area contributed by atoms with Gasteiger partial charge in [0.25, 0.3) is 0 Å². The van der Waals surface area contributed by atoms with Crippen LogP contribution in [0.25, 0.3) is 128 Å². The Kier molecular flexibility index (Phi) is 7.80. The van der Waals surface area contributed by atoms with Crippen molar-refractivity contribution in [3.05, 3.63) is 206 Å². The van der Waals surface area contributed by atoms with Gasteiger partial charge in [-0.15, -0.1) is 0 Å². The Bertz CT molecular complexity index is 3900. The lowest BCUT2D eigenvalue weighted by atomic mass is 9.96. The van der Waals surface area contributed by atoms with Crippen molar-refractivity contribution in [2.24, 2.45) is 0 Å². The quantitative estimate of drug-likeness (QED) is 0.167. The molecule has 6 nitrogen and oxygen atoms in total. The van der Waals surface area contributed by atoms with Crippen LogP contribution in [-0.2, 0) is 0 Å². The highest BCUT2D eigenvalue weighted by Crippen LogP contribution is 2.44. The molecule has 0 aliphatic heterocycles. The third kappa shape index (κ3) is 5.62. The second kappa shape index (κ2) is 14.0. The zero-order valence-electron chi connectivity index (χ0n) is 33.7. The number of nitrogens with zero attached hydrogens (tertiary/aromatic N) is 4. The highest BCUT2D eigenvalue weighted by molar-refractivity contribution is 6.18. The second-order valence-electron chi connectivity index (χ2n) is 15.9. The fraction of sp³-hybridized carbons (Fsp3) is 0. The van der Waals surface area contributed by atoms with Gasteiger partial charge in [0.1, 0.15) is 22.3 Å². The van der Waals surface area contributed by atoms with Crippen molar-refractivity contribution in [1.29, 1.82) is 0 Å². The average molecular weight is 807 g/mol. The minimum absolute atomic E-state index is 0.547. The number of aromatic nitrogens is 4. The standard InChI is InChI=1S/C57H34N4O2/c1-4-16-35(17-5-1)44-33-38(34-51-53(44)42-23-11-13-28-48(42)63-51)56-58-55(36-18-6-2-7-19-36)59-57(60-56)43-25-15-29-50-54(43)45-32-37(30-31-49(45)62-50)40-24-14-27-47-52(40)41-22-10-12-26-46(41)61(47)39-20-8-3-9-21-39/h1-34H. The summed E-state index contributed by atoms with van der Waals surface area (Å²) in [7, 11) is 0. The summed E-state index contributed by atoms with van der Waals surface area (Å²) in [6, 6.07) is 71.4. The van der Waals surface area contributed by atoms with Crippen LogP contribution in [0.2, 0.25) is 0 Å². The maximum Gasteiger partial charge on any atom is 0.164 e. The van der Waals surface area contributed by atoms with Gasteiger partial charge < -0.3 is 13.4 Å². The molecule has 0 amide bonds. The van der Waals surface area contributed by atoms with E-state index in [1.807, 2.05) is 60.7 Å². The normalized spacial score (nSPS) is 11.8. The van der Waals surface area contributed by atoms with Gasteiger partial charge in [-0.25, -0.2) is 15.0 Å². The molecule has 4 aromatic heterocycles. The van der Waals surface area contributed by atoms with Gasteiger partial charge in [0, 0.05) is 54.7 Å². The number of rotatable bonds is 6. The van der Waals surface area contributed by atoms with Crippen molar-refractivity contribution in [2.75, 3.05) is 0 Å². The third-order valence-corrected chi connectivity index (χ3v) is 12.2. The number of hydrogen-bond acceptors (Lipinski definition) is 5. The van der Waals surface area contributed by atoms with Crippen LogP contribution in [0.15, 0.2) is 215 Å². The first kappa shape index (κ1) is 35.2. The SMILES string of the molecule is c1ccc(-c2nc(-c3cc(-c4ccccc4)c4c(c3)oc3ccccc34)nc(-c3cccc4oc5ccc(-c6cccc7c6c6ccccc6n7-c6ccccc6)cc5c34)n2)cc1. The first-order valence-corrected chi connectivity index (χ1v) is 21.1. The van der Waals surface area contributed by atoms with Crippen molar-refractivity contribution in [1.82, 2.24) is 19.5 Å². The molecule has 0 unspecified atom stereocenters. The summed E-state index contributed by atoms with van der Waals surface area (Å²) >= 11 is 0. The first-order valence-electron chi connectivity index (χ1n) is 21.1. The summed E-state index contributed by atoms with van der Waals surface area (Å²) < 4.78 is 15.5. The molecule has 0 fully saturated rings. The fourth-order valence-electron chi connectivity index (χ4n) is 9.47. The van der Waals surface area contributed by atoms with Gasteiger partial charge in [0.2, 0.25) is 0 Å². The van der Waals surface area contributed by atoms with Crippen molar-refractivity contribution >= 4 is 65.7 Å². The minimum atomic E-state index is 0.547. The molecule has 0 aliphatic carbocycles. The zero-order chi connectivity index (χ0) is 41.4. The van der Waals surface area contributed by atoms with Gasteiger partial charge in [0.05, 0.1) is 11.0 Å². The maximum atomic E-state index is 6.61. The molecular weight excluding hydrogens is 773 g/mol. The van der Waals surface area contributed by atoms with Gasteiger partial charge in [-0.2, -0.15) is 0 Å². The number of para-hydroxylation sites is 3. The van der Waals surface area contributed by atoms with Crippen LogP contribution in [-0.4, -0.2) is 19.5 Å². The molecule has 0 spiro atoms. The molecule has 0 N–H and O–H groups in total. The lowest BCUT2D eigenvalue weighted by Crippen LogP contribution is -2.00. The number of hydrogen-bond donors (Lipinski definition) is 0. The van der Waals surface area contributed by atoms with Crippen LogP contribution < -0.4 is 0 Å². The largest absolute Gasteiger partial charge is 0.456 e. The van der Waals surface area contributed by atoms with Crippen LogP contribution in [0.5, 0.6) is 0 Å². The Labute approximate surface area is 361 Å². The molecule has 0 bridgehead atoms. The first-order chi connectivity index (χ1) is 31.2. The lowest BCUT2D eigenvalue weighted by molar-refractivity contribution is 0.668. The Morgan fingerprint density at radius 3 is 1.71 bits per heavy atom. The van der Waals surface area contributed by atoms with Crippen LogP contribution in [0.3, 0.4) is 0 Å². The molecular formula is C57H34N4O2. The van der Waals surface area contributed by atoms with Crippen molar-refractivity contribution in [2.45, 2.75) is 0 Å². The second-order valence-corrected chi connectivity index (χ2v) is 15.9. The topological polar surface area (TPSA) is 69.9 Å². The summed E-state index contributed by atoms with van der Waals surface area (Å²) in [5.41, 5.74) is 13.6. The smallest absolute Gasteiger partial charge is 0.164 e. The zero-order valence-corrected chi connectivity index (χ0v) is 33.7. The molecule has 13 rings (SSSR count). The Morgan fingerprint density at radius 1 is 0.302 bits per heavy atom. The van der Waals surface area contributed by atoms with Crippen LogP contribution in [0.4, 0.5) is 0 Å². The average Bonchev–Trinajstić information content (AvgIpc) is 4.04. The number of furan rings is 2. The highest BCUT2D eigenvalue weighted by atomic mass is 16.3. The summed E-state index contributed by atoms with van der Waals surface area (Å²) in [4.78, 5) is 15.7. The maximum absolute atomic E-state index is 6.61. The van der Waals surface area contributed by atoms with E-state index in [-0.39, 0.29) is 0 Å². The molecule has 63 heavy (non-hydrogen) atoms. The van der Waals surface area contributed by atoms with Gasteiger partial charge in [0.15, 0.2) is 17.5 Å². The number of fused-ring (bicyclic) bond motifs is 9. The summed E-state index contributed by atoms with van der Waals surface area (Å²) in [5.74, 6) is 1.68. The monoisotopic (exact) mass is 806 g/mol. The van der Waals surface area contributed by atoms with Gasteiger partial charge in [-0.1, -0.05) is 146 Å². The molecule has 6 heteroatoms. The van der Waals surface area contributed by atoms with Gasteiger partial charge in [-0.05, 0) is 82.9 Å². The molecule has 0 saturated heterocycles. The van der Waals surface area contributed by atoms with Crippen molar-refractivity contribution < 1.29 is 8.83 Å².